The Bertz CT molecular complexity index is 2530. The molecule has 338 valence electrons. The average molecular weight is 900 g/mol. The van der Waals surface area contributed by atoms with Crippen molar-refractivity contribution in [1.82, 2.24) is 25.1 Å². The van der Waals surface area contributed by atoms with Gasteiger partial charge >= 0.3 is 6.18 Å². The summed E-state index contributed by atoms with van der Waals surface area (Å²) in [5.74, 6) is -1.98. The molecule has 13 nitrogen and oxygen atoms in total. The van der Waals surface area contributed by atoms with Crippen molar-refractivity contribution < 1.29 is 42.3 Å². The Labute approximate surface area is 372 Å². The van der Waals surface area contributed by atoms with Crippen LogP contribution in [-0.2, 0) is 21.4 Å². The first-order chi connectivity index (χ1) is 30.4. The number of nitrogens with zero attached hydrogens (tertiary/aromatic N) is 4. The van der Waals surface area contributed by atoms with E-state index in [2.05, 4.69) is 32.9 Å². The predicted octanol–water partition coefficient (Wildman–Crippen LogP) is 8.00. The van der Waals surface area contributed by atoms with E-state index < -0.39 is 53.0 Å². The molecule has 4 fully saturated rings. The fraction of sp³-hybridized carbons (Fsp3) is 0.511. The number of aliphatic hydroxyl groups is 1. The van der Waals surface area contributed by atoms with Crippen LogP contribution >= 0.6 is 11.3 Å². The monoisotopic (exact) mass is 899 g/mol. The molecule has 5 amide bonds. The molecule has 0 radical (unpaired) electrons. The van der Waals surface area contributed by atoms with Crippen LogP contribution < -0.4 is 16.0 Å². The Morgan fingerprint density at radius 2 is 1.66 bits per heavy atom. The van der Waals surface area contributed by atoms with Crippen molar-refractivity contribution in [3.05, 3.63) is 81.6 Å². The van der Waals surface area contributed by atoms with Crippen LogP contribution in [0.2, 0.25) is 0 Å². The van der Waals surface area contributed by atoms with E-state index in [1.54, 1.807) is 49.4 Å². The summed E-state index contributed by atoms with van der Waals surface area (Å²) in [7, 11) is 2.25. The van der Waals surface area contributed by atoms with Crippen molar-refractivity contribution >= 4 is 62.5 Å². The van der Waals surface area contributed by atoms with Crippen molar-refractivity contribution in [2.75, 3.05) is 24.2 Å². The van der Waals surface area contributed by atoms with Gasteiger partial charge in [-0.3, -0.25) is 34.2 Å². The van der Waals surface area contributed by atoms with Gasteiger partial charge in [0, 0.05) is 47.9 Å². The molecule has 64 heavy (non-hydrogen) atoms. The molecule has 1 saturated heterocycles. The largest absolute Gasteiger partial charge is 0.433 e. The number of amides is 5. The zero-order valence-corrected chi connectivity index (χ0v) is 36.8. The molecule has 4 N–H and O–H groups in total. The predicted molar refractivity (Wildman–Crippen MR) is 234 cm³/mol. The van der Waals surface area contributed by atoms with Crippen LogP contribution in [0.15, 0.2) is 48.5 Å². The molecule has 1 atom stereocenters. The summed E-state index contributed by atoms with van der Waals surface area (Å²) >= 11 is 1.55. The van der Waals surface area contributed by atoms with Gasteiger partial charge in [-0.15, -0.1) is 11.3 Å². The van der Waals surface area contributed by atoms with Crippen LogP contribution in [0.3, 0.4) is 0 Å². The van der Waals surface area contributed by atoms with E-state index in [0.29, 0.717) is 40.0 Å². The number of nitrogens with one attached hydrogen (secondary N) is 3. The van der Waals surface area contributed by atoms with Gasteiger partial charge in [0.05, 0.1) is 32.0 Å². The molecular weight excluding hydrogens is 848 g/mol. The molecule has 1 unspecified atom stereocenters. The molecule has 4 heterocycles. The van der Waals surface area contributed by atoms with Gasteiger partial charge in [-0.05, 0) is 139 Å². The number of fused-ring (bicyclic) bond motifs is 2. The minimum atomic E-state index is -4.69. The second kappa shape index (κ2) is 16.6. The van der Waals surface area contributed by atoms with Crippen molar-refractivity contribution in [3.63, 3.8) is 0 Å². The first kappa shape index (κ1) is 44.0. The Balaban J connectivity index is 0.759. The third kappa shape index (κ3) is 8.53. The number of thiazole rings is 1. The number of aromatic nitrogens is 2. The molecular formula is C47H52F3N7O6S. The summed E-state index contributed by atoms with van der Waals surface area (Å²) in [6.45, 7) is 4.20. The Kier molecular flexibility index (Phi) is 11.4. The standard InChI is InChI=1S/C47H52F3N7O6S/c1-45(2,63)30-20-34-36(21-33(30)53-40(59)32-8-5-9-37(52-32)47(48,49)50)64-42(54-34)26-12-10-25(11-13-26)24-56(3)28-16-18-46(19-17-28)22-27(23-46)51-31-7-4-6-29-39(31)44(62)57(43(29)61)35-14-15-38(58)55-41(35)60/h4-9,20-21,25-28,35,51,63H,10-19,22-24H2,1-3H3,(H,53,59)(H,55,58,60). The van der Waals surface area contributed by atoms with Gasteiger partial charge in [0.1, 0.15) is 17.4 Å². The van der Waals surface area contributed by atoms with E-state index in [9.17, 15) is 42.3 Å². The maximum absolute atomic E-state index is 13.6. The smallest absolute Gasteiger partial charge is 0.386 e. The van der Waals surface area contributed by atoms with E-state index in [0.717, 1.165) is 97.5 Å². The number of hydrogen-bond donors (Lipinski definition) is 4. The third-order valence-corrected chi connectivity index (χ3v) is 15.5. The number of carbonyl (C=O) groups is 5. The van der Waals surface area contributed by atoms with E-state index >= 15 is 0 Å². The zero-order chi connectivity index (χ0) is 45.3. The fourth-order valence-corrected chi connectivity index (χ4v) is 12.0. The first-order valence-electron chi connectivity index (χ1n) is 22.2. The normalized spacial score (nSPS) is 26.3. The summed E-state index contributed by atoms with van der Waals surface area (Å²) in [4.78, 5) is 76.3. The second-order valence-electron chi connectivity index (χ2n) is 19.1. The van der Waals surface area contributed by atoms with Crippen LogP contribution in [0, 0.1) is 11.3 Å². The van der Waals surface area contributed by atoms with E-state index in [1.165, 1.54) is 6.07 Å². The molecule has 4 aromatic rings. The van der Waals surface area contributed by atoms with Gasteiger partial charge in [0.2, 0.25) is 11.8 Å². The lowest BCUT2D eigenvalue weighted by Crippen LogP contribution is -2.54. The number of rotatable bonds is 10. The second-order valence-corrected chi connectivity index (χ2v) is 20.2. The zero-order valence-electron chi connectivity index (χ0n) is 36.0. The van der Waals surface area contributed by atoms with Crippen molar-refractivity contribution in [3.8, 4) is 0 Å². The highest BCUT2D eigenvalue weighted by molar-refractivity contribution is 7.18. The average Bonchev–Trinajstić information content (AvgIpc) is 3.77. The van der Waals surface area contributed by atoms with Crippen LogP contribution in [0.4, 0.5) is 24.5 Å². The molecule has 1 spiro atoms. The van der Waals surface area contributed by atoms with Gasteiger partial charge in [-0.1, -0.05) is 12.1 Å². The highest BCUT2D eigenvalue weighted by Gasteiger charge is 2.49. The van der Waals surface area contributed by atoms with Crippen LogP contribution in [0.1, 0.15) is 144 Å². The van der Waals surface area contributed by atoms with E-state index in [-0.39, 0.29) is 41.5 Å². The summed E-state index contributed by atoms with van der Waals surface area (Å²) in [6.07, 6.45) is 6.20. The van der Waals surface area contributed by atoms with Gasteiger partial charge in [0.25, 0.3) is 17.7 Å². The number of hydrogen-bond acceptors (Lipinski definition) is 11. The number of alkyl halides is 3. The summed E-state index contributed by atoms with van der Waals surface area (Å²) in [5.41, 5.74) is -0.0548. The highest BCUT2D eigenvalue weighted by Crippen LogP contribution is 2.53. The molecule has 9 rings (SSSR count). The number of carbonyl (C=O) groups excluding carboxylic acids is 5. The molecule has 2 aliphatic heterocycles. The molecule has 17 heteroatoms. The first-order valence-corrected chi connectivity index (χ1v) is 23.0. The number of imide groups is 2. The summed E-state index contributed by atoms with van der Waals surface area (Å²) < 4.78 is 40.7. The van der Waals surface area contributed by atoms with E-state index in [4.69, 9.17) is 4.98 Å². The lowest BCUT2D eigenvalue weighted by atomic mass is 9.57. The van der Waals surface area contributed by atoms with Gasteiger partial charge in [0.15, 0.2) is 0 Å². The number of pyridine rings is 1. The number of anilines is 2. The lowest BCUT2D eigenvalue weighted by Gasteiger charge is -2.53. The molecule has 3 aliphatic carbocycles. The Morgan fingerprint density at radius 3 is 2.34 bits per heavy atom. The number of piperidine rings is 1. The molecule has 3 saturated carbocycles. The molecule has 2 aromatic carbocycles. The van der Waals surface area contributed by atoms with Crippen LogP contribution in [-0.4, -0.2) is 86.1 Å². The summed E-state index contributed by atoms with van der Waals surface area (Å²) in [5, 5.41) is 20.5. The van der Waals surface area contributed by atoms with Crippen molar-refractivity contribution in [1.29, 1.82) is 0 Å². The molecule has 2 aromatic heterocycles. The minimum Gasteiger partial charge on any atom is -0.386 e. The Hall–Kier alpha value is -5.26. The fourth-order valence-electron chi connectivity index (χ4n) is 10.8. The SMILES string of the molecule is CN(CC1CCC(c2nc3cc(C(C)(C)O)c(NC(=O)c4cccc(C(F)(F)F)n4)cc3s2)CC1)C1CCC2(CC1)CC(Nc1cccc3c1C(=O)N(C1CCC(=O)NC1=O)C3=O)C2. The number of benzene rings is 2. The maximum Gasteiger partial charge on any atom is 0.433 e. The van der Waals surface area contributed by atoms with Gasteiger partial charge < -0.3 is 20.6 Å². The molecule has 0 bridgehead atoms. The van der Waals surface area contributed by atoms with Crippen LogP contribution in [0.25, 0.3) is 10.2 Å². The van der Waals surface area contributed by atoms with Crippen molar-refractivity contribution in [2.24, 2.45) is 11.3 Å². The quantitative estimate of drug-likeness (QED) is 0.114. The van der Waals surface area contributed by atoms with E-state index in [1.807, 2.05) is 6.07 Å². The number of halogens is 3. The van der Waals surface area contributed by atoms with Crippen LogP contribution in [0.5, 0.6) is 0 Å². The molecule has 5 aliphatic rings. The van der Waals surface area contributed by atoms with Gasteiger partial charge in [-0.25, -0.2) is 9.97 Å². The third-order valence-electron chi connectivity index (χ3n) is 14.3. The topological polar surface area (TPSA) is 174 Å². The maximum atomic E-state index is 13.6. The minimum absolute atomic E-state index is 0.0762. The highest BCUT2D eigenvalue weighted by atomic mass is 32.1. The van der Waals surface area contributed by atoms with Crippen molar-refractivity contribution in [2.45, 2.75) is 127 Å². The van der Waals surface area contributed by atoms with Gasteiger partial charge in [-0.2, -0.15) is 13.2 Å². The lowest BCUT2D eigenvalue weighted by molar-refractivity contribution is -0.141. The summed E-state index contributed by atoms with van der Waals surface area (Å²) in [6, 6.07) is 11.6. The Morgan fingerprint density at radius 1 is 0.938 bits per heavy atom.